The summed E-state index contributed by atoms with van der Waals surface area (Å²) < 4.78 is 45.2. The molecule has 0 atom stereocenters. The lowest BCUT2D eigenvalue weighted by Gasteiger charge is -2.15. The first-order chi connectivity index (χ1) is 14.6. The quantitative estimate of drug-likeness (QED) is 0.276. The highest BCUT2D eigenvalue weighted by molar-refractivity contribution is 9.10. The van der Waals surface area contributed by atoms with Crippen LogP contribution in [0.1, 0.15) is 48.5 Å². The summed E-state index contributed by atoms with van der Waals surface area (Å²) in [5.41, 5.74) is -0.716. The Bertz CT molecular complexity index is 941. The third kappa shape index (κ3) is 7.97. The van der Waals surface area contributed by atoms with Gasteiger partial charge in [-0.1, -0.05) is 53.7 Å². The van der Waals surface area contributed by atoms with Crippen LogP contribution in [-0.4, -0.2) is 17.6 Å². The minimum absolute atomic E-state index is 0.0307. The number of hydrogen-bond acceptors (Lipinski definition) is 3. The van der Waals surface area contributed by atoms with Gasteiger partial charge in [0.15, 0.2) is 5.11 Å². The van der Waals surface area contributed by atoms with Gasteiger partial charge in [0.2, 0.25) is 0 Å². The standard InChI is InChI=1S/C21H21BrClF3N2O2S/c1-2-3-4-5-10-30-18-9-7-14(22)12-15(18)19(29)28-20(31)27-17-11-13(21(24,25)26)6-8-16(17)23/h6-9,11-12H,2-5,10H2,1H3,(H2,27,28,29,31). The van der Waals surface area contributed by atoms with Crippen molar-refractivity contribution in [3.63, 3.8) is 0 Å². The fraction of sp³-hybridized carbons (Fsp3) is 0.333. The Labute approximate surface area is 197 Å². The van der Waals surface area contributed by atoms with Crippen LogP contribution in [0.5, 0.6) is 5.75 Å². The summed E-state index contributed by atoms with van der Waals surface area (Å²) in [4.78, 5) is 12.7. The number of halogens is 5. The largest absolute Gasteiger partial charge is 0.493 e. The number of benzene rings is 2. The third-order valence-corrected chi connectivity index (χ3v) is 5.24. The molecule has 0 aliphatic rings. The summed E-state index contributed by atoms with van der Waals surface area (Å²) in [6.07, 6.45) is -0.438. The SMILES string of the molecule is CCCCCCOc1ccc(Br)cc1C(=O)NC(=S)Nc1cc(C(F)(F)F)ccc1Cl. The van der Waals surface area contributed by atoms with Crippen LogP contribution in [0.3, 0.4) is 0 Å². The van der Waals surface area contributed by atoms with E-state index in [2.05, 4.69) is 33.5 Å². The second-order valence-corrected chi connectivity index (χ2v) is 8.38. The highest BCUT2D eigenvalue weighted by atomic mass is 79.9. The highest BCUT2D eigenvalue weighted by Gasteiger charge is 2.31. The summed E-state index contributed by atoms with van der Waals surface area (Å²) in [6, 6.07) is 7.79. The molecule has 0 saturated carbocycles. The smallest absolute Gasteiger partial charge is 0.416 e. The maximum absolute atomic E-state index is 12.9. The lowest BCUT2D eigenvalue weighted by atomic mass is 10.2. The number of ether oxygens (including phenoxy) is 1. The zero-order valence-corrected chi connectivity index (χ0v) is 19.8. The van der Waals surface area contributed by atoms with Crippen molar-refractivity contribution in [2.75, 3.05) is 11.9 Å². The summed E-state index contributed by atoms with van der Waals surface area (Å²) >= 11 is 14.4. The van der Waals surface area contributed by atoms with Crippen molar-refractivity contribution in [1.29, 1.82) is 0 Å². The number of hydrogen-bond donors (Lipinski definition) is 2. The average molecular weight is 538 g/mol. The fourth-order valence-electron chi connectivity index (χ4n) is 2.64. The van der Waals surface area contributed by atoms with Crippen molar-refractivity contribution in [3.8, 4) is 5.75 Å². The van der Waals surface area contributed by atoms with E-state index in [1.807, 2.05) is 0 Å². The number of carbonyl (C=O) groups is 1. The van der Waals surface area contributed by atoms with E-state index in [0.29, 0.717) is 16.8 Å². The van der Waals surface area contributed by atoms with Gasteiger partial charge in [0, 0.05) is 4.47 Å². The summed E-state index contributed by atoms with van der Waals surface area (Å²) in [5.74, 6) is -0.178. The predicted octanol–water partition coefficient (Wildman–Crippen LogP) is 7.21. The third-order valence-electron chi connectivity index (χ3n) is 4.21. The Morgan fingerprint density at radius 2 is 1.90 bits per heavy atom. The predicted molar refractivity (Wildman–Crippen MR) is 124 cm³/mol. The molecule has 10 heteroatoms. The van der Waals surface area contributed by atoms with Gasteiger partial charge in [-0.05, 0) is 55.0 Å². The molecule has 0 unspecified atom stereocenters. The molecule has 31 heavy (non-hydrogen) atoms. The van der Waals surface area contributed by atoms with E-state index in [-0.39, 0.29) is 21.4 Å². The molecule has 2 aromatic carbocycles. The maximum atomic E-state index is 12.9. The number of alkyl halides is 3. The fourth-order valence-corrected chi connectivity index (χ4v) is 3.37. The van der Waals surface area contributed by atoms with Crippen LogP contribution < -0.4 is 15.4 Å². The summed E-state index contributed by atoms with van der Waals surface area (Å²) in [5, 5.41) is 4.82. The molecule has 168 valence electrons. The maximum Gasteiger partial charge on any atom is 0.416 e. The minimum atomic E-state index is -4.54. The first-order valence-corrected chi connectivity index (χ1v) is 11.1. The molecule has 0 aromatic heterocycles. The molecular weight excluding hydrogens is 517 g/mol. The minimum Gasteiger partial charge on any atom is -0.493 e. The van der Waals surface area contributed by atoms with Crippen molar-refractivity contribution in [1.82, 2.24) is 5.32 Å². The van der Waals surface area contributed by atoms with Crippen LogP contribution >= 0.6 is 39.7 Å². The molecule has 0 radical (unpaired) electrons. The van der Waals surface area contributed by atoms with Gasteiger partial charge in [-0.2, -0.15) is 13.2 Å². The van der Waals surface area contributed by atoms with Crippen LogP contribution in [0.4, 0.5) is 18.9 Å². The summed E-state index contributed by atoms with van der Waals surface area (Å²) in [6.45, 7) is 2.58. The van der Waals surface area contributed by atoms with Crippen LogP contribution in [-0.2, 0) is 6.18 Å². The molecule has 2 N–H and O–H groups in total. The number of unbranched alkanes of at least 4 members (excludes halogenated alkanes) is 3. The van der Waals surface area contributed by atoms with Crippen LogP contribution in [0.25, 0.3) is 0 Å². The average Bonchev–Trinajstić information content (AvgIpc) is 2.69. The van der Waals surface area contributed by atoms with Crippen LogP contribution in [0, 0.1) is 0 Å². The van der Waals surface area contributed by atoms with Crippen molar-refractivity contribution in [2.45, 2.75) is 38.8 Å². The number of rotatable bonds is 8. The van der Waals surface area contributed by atoms with Gasteiger partial charge in [-0.15, -0.1) is 0 Å². The molecule has 2 rings (SSSR count). The van der Waals surface area contributed by atoms with Crippen molar-refractivity contribution >= 4 is 56.5 Å². The van der Waals surface area contributed by atoms with E-state index in [4.69, 9.17) is 28.6 Å². The molecule has 0 spiro atoms. The van der Waals surface area contributed by atoms with Gasteiger partial charge in [-0.25, -0.2) is 0 Å². The molecular formula is C21H21BrClF3N2O2S. The van der Waals surface area contributed by atoms with Gasteiger partial charge in [0.05, 0.1) is 28.4 Å². The van der Waals surface area contributed by atoms with Gasteiger partial charge < -0.3 is 10.1 Å². The monoisotopic (exact) mass is 536 g/mol. The second-order valence-electron chi connectivity index (χ2n) is 6.65. The molecule has 0 heterocycles. The Morgan fingerprint density at radius 3 is 2.58 bits per heavy atom. The topological polar surface area (TPSA) is 50.4 Å². The second kappa shape index (κ2) is 11.7. The van der Waals surface area contributed by atoms with E-state index < -0.39 is 17.6 Å². The Morgan fingerprint density at radius 1 is 1.16 bits per heavy atom. The van der Waals surface area contributed by atoms with E-state index in [1.54, 1.807) is 18.2 Å². The Balaban J connectivity index is 2.08. The molecule has 1 amide bonds. The molecule has 0 fully saturated rings. The highest BCUT2D eigenvalue weighted by Crippen LogP contribution is 2.33. The Kier molecular flexibility index (Phi) is 9.58. The molecule has 0 saturated heterocycles. The van der Waals surface area contributed by atoms with Gasteiger partial charge in [0.1, 0.15) is 5.75 Å². The molecule has 2 aromatic rings. The summed E-state index contributed by atoms with van der Waals surface area (Å²) in [7, 11) is 0. The lowest BCUT2D eigenvalue weighted by Crippen LogP contribution is -2.34. The van der Waals surface area contributed by atoms with Gasteiger partial charge in [0.25, 0.3) is 5.91 Å². The Hall–Kier alpha value is -1.84. The van der Waals surface area contributed by atoms with E-state index in [9.17, 15) is 18.0 Å². The number of thiocarbonyl (C=S) groups is 1. The molecule has 0 aliphatic carbocycles. The van der Waals surface area contributed by atoms with E-state index in [0.717, 1.165) is 43.9 Å². The molecule has 0 bridgehead atoms. The first-order valence-electron chi connectivity index (χ1n) is 9.53. The molecule has 4 nitrogen and oxygen atoms in total. The van der Waals surface area contributed by atoms with E-state index in [1.165, 1.54) is 0 Å². The van der Waals surface area contributed by atoms with Crippen molar-refractivity contribution < 1.29 is 22.7 Å². The number of anilines is 1. The lowest BCUT2D eigenvalue weighted by molar-refractivity contribution is -0.137. The number of nitrogens with one attached hydrogen (secondary N) is 2. The van der Waals surface area contributed by atoms with Gasteiger partial charge in [-0.3, -0.25) is 10.1 Å². The number of carbonyl (C=O) groups excluding carboxylic acids is 1. The first kappa shape index (κ1) is 25.4. The van der Waals surface area contributed by atoms with Crippen LogP contribution in [0.15, 0.2) is 40.9 Å². The molecule has 0 aliphatic heterocycles. The number of amides is 1. The van der Waals surface area contributed by atoms with Crippen molar-refractivity contribution in [3.05, 3.63) is 57.0 Å². The van der Waals surface area contributed by atoms with Gasteiger partial charge >= 0.3 is 6.18 Å². The van der Waals surface area contributed by atoms with Crippen LogP contribution in [0.2, 0.25) is 5.02 Å². The normalized spacial score (nSPS) is 11.2. The van der Waals surface area contributed by atoms with Crippen molar-refractivity contribution in [2.24, 2.45) is 0 Å². The zero-order valence-electron chi connectivity index (χ0n) is 16.6. The zero-order chi connectivity index (χ0) is 23.0. The van der Waals surface area contributed by atoms with E-state index >= 15 is 0 Å².